The number of hydrogen-bond acceptors (Lipinski definition) is 3. The molecule has 0 aliphatic carbocycles. The minimum absolute atomic E-state index is 0.115. The normalized spacial score (nSPS) is 15.9. The standard InChI is InChI=1S/C17H23Cl2N3O2/c1-2-16(24)22-9-4-8-21(11-12-22)10-7-15(23)20-17-13(18)5-3-6-14(17)19/h3,5-6H,2,4,7-12H2,1H3,(H,20,23). The van der Waals surface area contributed by atoms with Gasteiger partial charge >= 0.3 is 0 Å². The molecule has 1 N–H and O–H groups in total. The van der Waals surface area contributed by atoms with Crippen LogP contribution in [-0.4, -0.2) is 54.3 Å². The first-order valence-electron chi connectivity index (χ1n) is 8.25. The van der Waals surface area contributed by atoms with Crippen molar-refractivity contribution in [1.82, 2.24) is 9.80 Å². The highest BCUT2D eigenvalue weighted by Gasteiger charge is 2.18. The molecular formula is C17H23Cl2N3O2. The highest BCUT2D eigenvalue weighted by Crippen LogP contribution is 2.29. The van der Waals surface area contributed by atoms with Gasteiger partial charge in [-0.15, -0.1) is 0 Å². The molecule has 0 unspecified atom stereocenters. The van der Waals surface area contributed by atoms with Crippen molar-refractivity contribution in [1.29, 1.82) is 0 Å². The number of amides is 2. The third-order valence-electron chi connectivity index (χ3n) is 4.13. The lowest BCUT2D eigenvalue weighted by Crippen LogP contribution is -2.35. The van der Waals surface area contributed by atoms with Gasteiger partial charge in [0.25, 0.3) is 0 Å². The fourth-order valence-electron chi connectivity index (χ4n) is 2.75. The van der Waals surface area contributed by atoms with Gasteiger partial charge in [-0.05, 0) is 25.1 Å². The smallest absolute Gasteiger partial charge is 0.225 e. The van der Waals surface area contributed by atoms with Crippen molar-refractivity contribution in [3.8, 4) is 0 Å². The molecule has 1 aromatic rings. The molecule has 1 heterocycles. The number of para-hydroxylation sites is 1. The summed E-state index contributed by atoms with van der Waals surface area (Å²) in [4.78, 5) is 28.0. The largest absolute Gasteiger partial charge is 0.341 e. The van der Waals surface area contributed by atoms with E-state index in [1.54, 1.807) is 18.2 Å². The van der Waals surface area contributed by atoms with Crippen LogP contribution >= 0.6 is 23.2 Å². The molecule has 1 aliphatic heterocycles. The summed E-state index contributed by atoms with van der Waals surface area (Å²) in [5, 5.41) is 3.64. The number of carbonyl (C=O) groups excluding carboxylic acids is 2. The first kappa shape index (κ1) is 19.0. The molecule has 0 radical (unpaired) electrons. The molecule has 7 heteroatoms. The van der Waals surface area contributed by atoms with E-state index >= 15 is 0 Å². The molecule has 1 aromatic carbocycles. The summed E-state index contributed by atoms with van der Waals surface area (Å²) in [7, 11) is 0. The van der Waals surface area contributed by atoms with Crippen LogP contribution in [-0.2, 0) is 9.59 Å². The molecule has 0 atom stereocenters. The quantitative estimate of drug-likeness (QED) is 0.863. The van der Waals surface area contributed by atoms with Crippen LogP contribution in [0, 0.1) is 0 Å². The zero-order valence-electron chi connectivity index (χ0n) is 13.9. The van der Waals surface area contributed by atoms with Gasteiger partial charge in [-0.1, -0.05) is 36.2 Å². The van der Waals surface area contributed by atoms with Gasteiger partial charge in [-0.3, -0.25) is 9.59 Å². The molecule has 1 saturated heterocycles. The highest BCUT2D eigenvalue weighted by atomic mass is 35.5. The molecule has 24 heavy (non-hydrogen) atoms. The van der Waals surface area contributed by atoms with Crippen LogP contribution in [0.1, 0.15) is 26.2 Å². The number of carbonyl (C=O) groups is 2. The Morgan fingerprint density at radius 2 is 1.83 bits per heavy atom. The van der Waals surface area contributed by atoms with E-state index in [2.05, 4.69) is 10.2 Å². The number of nitrogens with zero attached hydrogens (tertiary/aromatic N) is 2. The van der Waals surface area contributed by atoms with Crippen molar-refractivity contribution in [2.24, 2.45) is 0 Å². The van der Waals surface area contributed by atoms with E-state index in [-0.39, 0.29) is 11.8 Å². The van der Waals surface area contributed by atoms with Crippen molar-refractivity contribution in [3.05, 3.63) is 28.2 Å². The Morgan fingerprint density at radius 1 is 1.12 bits per heavy atom. The van der Waals surface area contributed by atoms with E-state index in [9.17, 15) is 9.59 Å². The van der Waals surface area contributed by atoms with E-state index in [4.69, 9.17) is 23.2 Å². The molecule has 0 spiro atoms. The van der Waals surface area contributed by atoms with Gasteiger partial charge in [0.15, 0.2) is 0 Å². The van der Waals surface area contributed by atoms with E-state index < -0.39 is 0 Å². The number of rotatable bonds is 5. The summed E-state index contributed by atoms with van der Waals surface area (Å²) in [6.45, 7) is 5.76. The predicted molar refractivity (Wildman–Crippen MR) is 97.6 cm³/mol. The van der Waals surface area contributed by atoms with E-state index in [1.807, 2.05) is 11.8 Å². The Balaban J connectivity index is 1.81. The van der Waals surface area contributed by atoms with Crippen molar-refractivity contribution < 1.29 is 9.59 Å². The monoisotopic (exact) mass is 371 g/mol. The van der Waals surface area contributed by atoms with Crippen LogP contribution in [0.2, 0.25) is 10.0 Å². The summed E-state index contributed by atoms with van der Waals surface area (Å²) >= 11 is 12.1. The number of halogens is 2. The van der Waals surface area contributed by atoms with Crippen LogP contribution in [0.25, 0.3) is 0 Å². The Labute approximate surface area is 152 Å². The van der Waals surface area contributed by atoms with Gasteiger partial charge in [0, 0.05) is 39.0 Å². The van der Waals surface area contributed by atoms with Crippen molar-refractivity contribution >= 4 is 40.7 Å². The maximum absolute atomic E-state index is 12.1. The van der Waals surface area contributed by atoms with Crippen LogP contribution in [0.3, 0.4) is 0 Å². The molecule has 2 rings (SSSR count). The number of hydrogen-bond donors (Lipinski definition) is 1. The van der Waals surface area contributed by atoms with Gasteiger partial charge < -0.3 is 15.1 Å². The lowest BCUT2D eigenvalue weighted by molar-refractivity contribution is -0.130. The predicted octanol–water partition coefficient (Wildman–Crippen LogP) is 3.27. The van der Waals surface area contributed by atoms with Gasteiger partial charge in [-0.25, -0.2) is 0 Å². The molecular weight excluding hydrogens is 349 g/mol. The number of anilines is 1. The summed E-state index contributed by atoms with van der Waals surface area (Å²) in [5.74, 6) is 0.0821. The van der Waals surface area contributed by atoms with E-state index in [0.717, 1.165) is 32.6 Å². The fraction of sp³-hybridized carbons (Fsp3) is 0.529. The summed E-state index contributed by atoms with van der Waals surface area (Å²) in [6, 6.07) is 5.12. The lowest BCUT2D eigenvalue weighted by Gasteiger charge is -2.21. The van der Waals surface area contributed by atoms with Crippen molar-refractivity contribution in [2.75, 3.05) is 38.0 Å². The maximum Gasteiger partial charge on any atom is 0.225 e. The zero-order chi connectivity index (χ0) is 17.5. The minimum atomic E-state index is -0.115. The van der Waals surface area contributed by atoms with Crippen LogP contribution in [0.5, 0.6) is 0 Å². The van der Waals surface area contributed by atoms with Crippen LogP contribution in [0.15, 0.2) is 18.2 Å². The lowest BCUT2D eigenvalue weighted by atomic mass is 10.3. The summed E-state index contributed by atoms with van der Waals surface area (Å²) < 4.78 is 0. The van der Waals surface area contributed by atoms with Gasteiger partial charge in [-0.2, -0.15) is 0 Å². The van der Waals surface area contributed by atoms with Crippen LogP contribution < -0.4 is 5.32 Å². The molecule has 0 bridgehead atoms. The highest BCUT2D eigenvalue weighted by molar-refractivity contribution is 6.39. The Hall–Kier alpha value is -1.30. The number of nitrogens with one attached hydrogen (secondary N) is 1. The summed E-state index contributed by atoms with van der Waals surface area (Å²) in [5.41, 5.74) is 0.460. The molecule has 132 valence electrons. The SMILES string of the molecule is CCC(=O)N1CCCN(CCC(=O)Nc2c(Cl)cccc2Cl)CC1. The first-order valence-corrected chi connectivity index (χ1v) is 9.01. The number of benzene rings is 1. The first-order chi connectivity index (χ1) is 11.5. The molecule has 0 saturated carbocycles. The minimum Gasteiger partial charge on any atom is -0.341 e. The van der Waals surface area contributed by atoms with E-state index in [1.165, 1.54) is 0 Å². The molecule has 1 aliphatic rings. The maximum atomic E-state index is 12.1. The third-order valence-corrected chi connectivity index (χ3v) is 4.76. The second-order valence-corrected chi connectivity index (χ2v) is 6.64. The second kappa shape index (κ2) is 9.25. The third kappa shape index (κ3) is 5.36. The molecule has 1 fully saturated rings. The summed E-state index contributed by atoms with van der Waals surface area (Å²) in [6.07, 6.45) is 1.84. The Morgan fingerprint density at radius 3 is 2.50 bits per heavy atom. The second-order valence-electron chi connectivity index (χ2n) is 5.82. The van der Waals surface area contributed by atoms with E-state index in [0.29, 0.717) is 35.1 Å². The van der Waals surface area contributed by atoms with Crippen LogP contribution in [0.4, 0.5) is 5.69 Å². The van der Waals surface area contributed by atoms with Crippen molar-refractivity contribution in [3.63, 3.8) is 0 Å². The molecule has 2 amide bonds. The van der Waals surface area contributed by atoms with Gasteiger partial charge in [0.1, 0.15) is 0 Å². The Kier molecular flexibility index (Phi) is 7.34. The van der Waals surface area contributed by atoms with Crippen molar-refractivity contribution in [2.45, 2.75) is 26.2 Å². The average Bonchev–Trinajstić information content (AvgIpc) is 2.81. The molecule has 0 aromatic heterocycles. The zero-order valence-corrected chi connectivity index (χ0v) is 15.4. The van der Waals surface area contributed by atoms with Gasteiger partial charge in [0.2, 0.25) is 11.8 Å². The fourth-order valence-corrected chi connectivity index (χ4v) is 3.24. The average molecular weight is 372 g/mol. The Bertz CT molecular complexity index is 575. The topological polar surface area (TPSA) is 52.7 Å². The van der Waals surface area contributed by atoms with Gasteiger partial charge in [0.05, 0.1) is 15.7 Å². The molecule has 5 nitrogen and oxygen atoms in total.